The van der Waals surface area contributed by atoms with E-state index in [4.69, 9.17) is 16.3 Å². The van der Waals surface area contributed by atoms with Crippen molar-refractivity contribution in [3.05, 3.63) is 28.8 Å². The van der Waals surface area contributed by atoms with E-state index in [0.717, 1.165) is 6.42 Å². The quantitative estimate of drug-likeness (QED) is 0.690. The number of benzene rings is 1. The Morgan fingerprint density at radius 3 is 2.30 bits per heavy atom. The lowest BCUT2D eigenvalue weighted by atomic mass is 10.1. The number of halogens is 1. The van der Waals surface area contributed by atoms with Gasteiger partial charge >= 0.3 is 5.97 Å². The molecule has 0 unspecified atom stereocenters. The van der Waals surface area contributed by atoms with E-state index in [0.29, 0.717) is 23.7 Å². The number of ether oxygens (including phenoxy) is 1. The highest BCUT2D eigenvalue weighted by Crippen LogP contribution is 2.30. The van der Waals surface area contributed by atoms with Crippen LogP contribution in [0.2, 0.25) is 5.02 Å². The van der Waals surface area contributed by atoms with E-state index >= 15 is 0 Å². The van der Waals surface area contributed by atoms with Gasteiger partial charge in [-0.05, 0) is 59.2 Å². The molecule has 1 heterocycles. The van der Waals surface area contributed by atoms with Crippen LogP contribution in [0.15, 0.2) is 18.2 Å². The smallest absolute Gasteiger partial charge is 0.338 e. The van der Waals surface area contributed by atoms with Crippen LogP contribution < -0.4 is 4.90 Å². The lowest BCUT2D eigenvalue weighted by molar-refractivity contribution is -0.143. The van der Waals surface area contributed by atoms with Crippen LogP contribution in [0, 0.1) is 0 Å². The lowest BCUT2D eigenvalue weighted by Crippen LogP contribution is -2.47. The van der Waals surface area contributed by atoms with Gasteiger partial charge in [0.15, 0.2) is 6.10 Å². The number of carbonyl (C=O) groups excluding carboxylic acids is 3. The molecule has 1 saturated heterocycles. The van der Waals surface area contributed by atoms with Crippen molar-refractivity contribution in [2.24, 2.45) is 0 Å². The van der Waals surface area contributed by atoms with Crippen LogP contribution in [-0.4, -0.2) is 47.4 Å². The van der Waals surface area contributed by atoms with Crippen LogP contribution in [0.1, 0.15) is 57.8 Å². The molecule has 0 radical (unpaired) electrons. The van der Waals surface area contributed by atoms with E-state index in [1.807, 2.05) is 27.7 Å². The van der Waals surface area contributed by atoms with Gasteiger partial charge in [0.1, 0.15) is 0 Å². The molecule has 6 nitrogen and oxygen atoms in total. The normalized spacial score (nSPS) is 15.4. The van der Waals surface area contributed by atoms with E-state index in [1.165, 1.54) is 6.07 Å². The minimum atomic E-state index is -0.908. The van der Waals surface area contributed by atoms with Gasteiger partial charge in [-0.2, -0.15) is 0 Å². The van der Waals surface area contributed by atoms with Gasteiger partial charge in [-0.3, -0.25) is 9.59 Å². The van der Waals surface area contributed by atoms with Crippen molar-refractivity contribution in [2.45, 2.75) is 65.6 Å². The average molecular weight is 395 g/mol. The van der Waals surface area contributed by atoms with Crippen LogP contribution >= 0.6 is 11.6 Å². The SMILES string of the molecule is CC(C)N(C(=O)[C@H](C)OC(=O)c1ccc(Cl)c(N2CCCC2=O)c1)C(C)C. The van der Waals surface area contributed by atoms with Crippen molar-refractivity contribution in [3.8, 4) is 0 Å². The predicted octanol–water partition coefficient (Wildman–Crippen LogP) is 3.66. The Balaban J connectivity index is 2.16. The zero-order chi connectivity index (χ0) is 20.3. The molecule has 0 bridgehead atoms. The number of hydrogen-bond acceptors (Lipinski definition) is 4. The highest BCUT2D eigenvalue weighted by molar-refractivity contribution is 6.34. The summed E-state index contributed by atoms with van der Waals surface area (Å²) in [4.78, 5) is 40.4. The molecule has 0 aliphatic carbocycles. The Bertz CT molecular complexity index is 725. The molecule has 0 aromatic heterocycles. The first-order valence-electron chi connectivity index (χ1n) is 9.26. The summed E-state index contributed by atoms with van der Waals surface area (Å²) in [6, 6.07) is 4.66. The molecule has 148 valence electrons. The van der Waals surface area contributed by atoms with Gasteiger partial charge in [0.25, 0.3) is 5.91 Å². The second kappa shape index (κ2) is 8.74. The first-order valence-corrected chi connectivity index (χ1v) is 9.64. The van der Waals surface area contributed by atoms with Crippen molar-refractivity contribution in [1.82, 2.24) is 4.90 Å². The first-order chi connectivity index (χ1) is 12.6. The van der Waals surface area contributed by atoms with E-state index in [-0.39, 0.29) is 29.5 Å². The molecular formula is C20H27ClN2O4. The van der Waals surface area contributed by atoms with Gasteiger partial charge in [0.2, 0.25) is 5.91 Å². The van der Waals surface area contributed by atoms with Crippen LogP contribution in [0.3, 0.4) is 0 Å². The topological polar surface area (TPSA) is 66.9 Å². The van der Waals surface area contributed by atoms with E-state index in [1.54, 1.807) is 28.9 Å². The summed E-state index contributed by atoms with van der Waals surface area (Å²) in [7, 11) is 0. The molecule has 0 N–H and O–H groups in total. The Kier molecular flexibility index (Phi) is 6.87. The molecular weight excluding hydrogens is 368 g/mol. The number of nitrogens with zero attached hydrogens (tertiary/aromatic N) is 2. The summed E-state index contributed by atoms with van der Waals surface area (Å²) in [5, 5.41) is 0.400. The largest absolute Gasteiger partial charge is 0.449 e. The van der Waals surface area contributed by atoms with Gasteiger partial charge in [-0.15, -0.1) is 0 Å². The third-order valence-corrected chi connectivity index (χ3v) is 4.86. The van der Waals surface area contributed by atoms with Gasteiger partial charge < -0.3 is 14.5 Å². The molecule has 0 spiro atoms. The second-order valence-electron chi connectivity index (χ2n) is 7.30. The van der Waals surface area contributed by atoms with Gasteiger partial charge in [0, 0.05) is 25.0 Å². The monoisotopic (exact) mass is 394 g/mol. The molecule has 27 heavy (non-hydrogen) atoms. The summed E-state index contributed by atoms with van der Waals surface area (Å²) in [6.07, 6.45) is 0.321. The maximum absolute atomic E-state index is 12.6. The van der Waals surface area contributed by atoms with Crippen LogP contribution in [0.25, 0.3) is 0 Å². The maximum Gasteiger partial charge on any atom is 0.338 e. The predicted molar refractivity (Wildman–Crippen MR) is 105 cm³/mol. The molecule has 1 aromatic carbocycles. The highest BCUT2D eigenvalue weighted by Gasteiger charge is 2.29. The molecule has 1 aliphatic heterocycles. The van der Waals surface area contributed by atoms with E-state index in [2.05, 4.69) is 0 Å². The molecule has 1 fully saturated rings. The fraction of sp³-hybridized carbons (Fsp3) is 0.550. The highest BCUT2D eigenvalue weighted by atomic mass is 35.5. The molecule has 2 amide bonds. The summed E-state index contributed by atoms with van der Waals surface area (Å²) >= 11 is 6.21. The number of anilines is 1. The van der Waals surface area contributed by atoms with E-state index < -0.39 is 12.1 Å². The van der Waals surface area contributed by atoms with Crippen molar-refractivity contribution in [2.75, 3.05) is 11.4 Å². The van der Waals surface area contributed by atoms with Gasteiger partial charge in [-0.1, -0.05) is 11.6 Å². The number of carbonyl (C=O) groups is 3. The number of amides is 2. The Morgan fingerprint density at radius 2 is 1.78 bits per heavy atom. The Hall–Kier alpha value is -2.08. The van der Waals surface area contributed by atoms with Crippen molar-refractivity contribution >= 4 is 35.1 Å². The number of esters is 1. The molecule has 1 aliphatic rings. The lowest BCUT2D eigenvalue weighted by Gasteiger charge is -2.32. The van der Waals surface area contributed by atoms with Crippen LogP contribution in [0.5, 0.6) is 0 Å². The van der Waals surface area contributed by atoms with Gasteiger partial charge in [-0.25, -0.2) is 4.79 Å². The summed E-state index contributed by atoms with van der Waals surface area (Å²) in [5.74, 6) is -0.874. The molecule has 2 rings (SSSR count). The zero-order valence-electron chi connectivity index (χ0n) is 16.5. The fourth-order valence-electron chi connectivity index (χ4n) is 3.34. The zero-order valence-corrected chi connectivity index (χ0v) is 17.2. The van der Waals surface area contributed by atoms with Crippen molar-refractivity contribution < 1.29 is 19.1 Å². The van der Waals surface area contributed by atoms with Gasteiger partial charge in [0.05, 0.1) is 16.3 Å². The molecule has 1 aromatic rings. The minimum absolute atomic E-state index is 0.00182. The molecule has 0 saturated carbocycles. The van der Waals surface area contributed by atoms with E-state index in [9.17, 15) is 14.4 Å². The second-order valence-corrected chi connectivity index (χ2v) is 7.70. The van der Waals surface area contributed by atoms with Crippen LogP contribution in [0.4, 0.5) is 5.69 Å². The third kappa shape index (κ3) is 4.80. The maximum atomic E-state index is 12.6. The van der Waals surface area contributed by atoms with Crippen LogP contribution in [-0.2, 0) is 14.3 Å². The minimum Gasteiger partial charge on any atom is -0.449 e. The molecule has 1 atom stereocenters. The van der Waals surface area contributed by atoms with Crippen molar-refractivity contribution in [3.63, 3.8) is 0 Å². The standard InChI is InChI=1S/C20H27ClN2O4/c1-12(2)23(13(3)4)19(25)14(5)27-20(26)15-8-9-16(21)17(11-15)22-10-6-7-18(22)24/h8-9,11-14H,6-7,10H2,1-5H3/t14-/m0/s1. The third-order valence-electron chi connectivity index (χ3n) is 4.54. The summed E-state index contributed by atoms with van der Waals surface area (Å²) in [6.45, 7) is 9.83. The van der Waals surface area contributed by atoms with Crippen molar-refractivity contribution in [1.29, 1.82) is 0 Å². The summed E-state index contributed by atoms with van der Waals surface area (Å²) in [5.41, 5.74) is 0.757. The number of hydrogen-bond donors (Lipinski definition) is 0. The Labute approximate surface area is 165 Å². The average Bonchev–Trinajstić information content (AvgIpc) is 3.00. The molecule has 7 heteroatoms. The Morgan fingerprint density at radius 1 is 1.15 bits per heavy atom. The first kappa shape index (κ1) is 21.2. The fourth-order valence-corrected chi connectivity index (χ4v) is 3.56. The summed E-state index contributed by atoms with van der Waals surface area (Å²) < 4.78 is 5.39. The number of rotatable bonds is 6.